The second-order valence-electron chi connectivity index (χ2n) is 7.02. The fourth-order valence-electron chi connectivity index (χ4n) is 3.09. The lowest BCUT2D eigenvalue weighted by Gasteiger charge is -2.13. The molecule has 0 amide bonds. The number of nitrogens with zero attached hydrogens (tertiary/aromatic N) is 3. The number of nitrogens with one attached hydrogen (secondary N) is 2. The predicted molar refractivity (Wildman–Crippen MR) is 116 cm³/mol. The third-order valence-electron chi connectivity index (χ3n) is 4.56. The van der Waals surface area contributed by atoms with E-state index in [2.05, 4.69) is 37.7 Å². The summed E-state index contributed by atoms with van der Waals surface area (Å²) in [5.41, 5.74) is 6.53. The second kappa shape index (κ2) is 13.1. The number of nitrogens with two attached hydrogens (primary N) is 1. The molecule has 0 radical (unpaired) electrons. The second-order valence-corrected chi connectivity index (χ2v) is 7.02. The van der Waals surface area contributed by atoms with Gasteiger partial charge in [0.05, 0.1) is 32.5 Å². The van der Waals surface area contributed by atoms with Crippen LogP contribution < -0.4 is 16.4 Å². The van der Waals surface area contributed by atoms with E-state index >= 15 is 0 Å². The fraction of sp³-hybridized carbons (Fsp3) is 0.571. The van der Waals surface area contributed by atoms with Crippen molar-refractivity contribution in [3.8, 4) is 0 Å². The van der Waals surface area contributed by atoms with E-state index in [-0.39, 0.29) is 6.10 Å². The van der Waals surface area contributed by atoms with Crippen LogP contribution in [0.4, 0.5) is 11.9 Å². The Morgan fingerprint density at radius 2 is 1.73 bits per heavy atom. The Morgan fingerprint density at radius 3 is 2.47 bits per heavy atom. The Kier molecular flexibility index (Phi) is 9.74. The summed E-state index contributed by atoms with van der Waals surface area (Å²) >= 11 is 0. The average molecular weight is 417 g/mol. The summed E-state index contributed by atoms with van der Waals surface area (Å²) in [5, 5.41) is 6.52. The van der Waals surface area contributed by atoms with Crippen molar-refractivity contribution in [2.45, 2.75) is 25.4 Å². The third kappa shape index (κ3) is 8.19. The lowest BCUT2D eigenvalue weighted by Crippen LogP contribution is -2.21. The van der Waals surface area contributed by atoms with Crippen molar-refractivity contribution in [3.05, 3.63) is 41.7 Å². The Balaban J connectivity index is 1.53. The van der Waals surface area contributed by atoms with Crippen molar-refractivity contribution in [1.82, 2.24) is 15.0 Å². The van der Waals surface area contributed by atoms with Gasteiger partial charge in [0.25, 0.3) is 0 Å². The van der Waals surface area contributed by atoms with Crippen molar-refractivity contribution in [1.29, 1.82) is 0 Å². The van der Waals surface area contributed by atoms with Crippen LogP contribution >= 0.6 is 0 Å². The molecule has 1 aliphatic heterocycles. The molecule has 3 rings (SSSR count). The summed E-state index contributed by atoms with van der Waals surface area (Å²) in [4.78, 5) is 13.7. The molecular formula is C21H32N6O3. The molecule has 1 aromatic heterocycles. The van der Waals surface area contributed by atoms with Crippen molar-refractivity contribution >= 4 is 11.9 Å². The van der Waals surface area contributed by atoms with Gasteiger partial charge in [0.2, 0.25) is 11.9 Å². The quantitative estimate of drug-likeness (QED) is 0.393. The normalized spacial score (nSPS) is 16.0. The van der Waals surface area contributed by atoms with Crippen LogP contribution in [0, 0.1) is 0 Å². The molecule has 0 aliphatic carbocycles. The average Bonchev–Trinajstić information content (AvgIpc) is 3.29. The van der Waals surface area contributed by atoms with Crippen LogP contribution in [0.2, 0.25) is 0 Å². The van der Waals surface area contributed by atoms with E-state index in [0.717, 1.165) is 25.0 Å². The highest BCUT2D eigenvalue weighted by molar-refractivity contribution is 5.35. The minimum absolute atomic E-state index is 0.214. The standard InChI is InChI=1S/C21H32N6O3/c22-8-11-28-13-14-29-12-9-23-20-25-19(15-17-5-2-1-3-6-17)26-21(27-20)24-16-18-7-4-10-30-18/h1-3,5-6,18H,4,7-16,22H2,(H2,23,24,25,26,27). The van der Waals surface area contributed by atoms with Crippen LogP contribution in [-0.4, -0.2) is 73.7 Å². The van der Waals surface area contributed by atoms with E-state index in [1.807, 2.05) is 18.2 Å². The molecule has 1 atom stereocenters. The SMILES string of the molecule is NCCOCCOCCNc1nc(Cc2ccccc2)nc(NCC2CCCO2)n1. The molecule has 2 aromatic rings. The lowest BCUT2D eigenvalue weighted by molar-refractivity contribution is 0.0547. The lowest BCUT2D eigenvalue weighted by atomic mass is 10.1. The maximum absolute atomic E-state index is 5.67. The first-order chi connectivity index (χ1) is 14.8. The fourth-order valence-corrected chi connectivity index (χ4v) is 3.09. The predicted octanol–water partition coefficient (Wildman–Crippen LogP) is 1.46. The van der Waals surface area contributed by atoms with Crippen molar-refractivity contribution in [3.63, 3.8) is 0 Å². The monoisotopic (exact) mass is 416 g/mol. The first kappa shape index (κ1) is 22.4. The molecule has 1 aromatic carbocycles. The van der Waals surface area contributed by atoms with E-state index in [0.29, 0.717) is 70.2 Å². The van der Waals surface area contributed by atoms with E-state index < -0.39 is 0 Å². The molecule has 0 spiro atoms. The number of ether oxygens (including phenoxy) is 3. The van der Waals surface area contributed by atoms with Gasteiger partial charge in [0, 0.05) is 32.7 Å². The highest BCUT2D eigenvalue weighted by atomic mass is 16.5. The number of aromatic nitrogens is 3. The molecule has 30 heavy (non-hydrogen) atoms. The summed E-state index contributed by atoms with van der Waals surface area (Å²) in [6, 6.07) is 10.2. The molecule has 1 aliphatic rings. The smallest absolute Gasteiger partial charge is 0.227 e. The minimum atomic E-state index is 0.214. The molecule has 0 saturated carbocycles. The summed E-state index contributed by atoms with van der Waals surface area (Å²) < 4.78 is 16.5. The van der Waals surface area contributed by atoms with Gasteiger partial charge in [-0.15, -0.1) is 0 Å². The summed E-state index contributed by atoms with van der Waals surface area (Å²) in [5.74, 6) is 1.81. The molecule has 1 saturated heterocycles. The van der Waals surface area contributed by atoms with Crippen LogP contribution in [0.1, 0.15) is 24.2 Å². The van der Waals surface area contributed by atoms with Crippen LogP contribution in [0.3, 0.4) is 0 Å². The zero-order valence-electron chi connectivity index (χ0n) is 17.4. The van der Waals surface area contributed by atoms with Gasteiger partial charge in [-0.1, -0.05) is 30.3 Å². The molecule has 9 nitrogen and oxygen atoms in total. The van der Waals surface area contributed by atoms with Gasteiger partial charge in [0.1, 0.15) is 5.82 Å². The Labute approximate surface area is 177 Å². The number of anilines is 2. The van der Waals surface area contributed by atoms with Gasteiger partial charge < -0.3 is 30.6 Å². The Bertz CT molecular complexity index is 728. The molecule has 1 fully saturated rings. The largest absolute Gasteiger partial charge is 0.378 e. The highest BCUT2D eigenvalue weighted by Crippen LogP contribution is 2.14. The van der Waals surface area contributed by atoms with E-state index in [9.17, 15) is 0 Å². The maximum atomic E-state index is 5.67. The van der Waals surface area contributed by atoms with Crippen LogP contribution in [0.25, 0.3) is 0 Å². The molecule has 0 bridgehead atoms. The van der Waals surface area contributed by atoms with Crippen LogP contribution in [0.15, 0.2) is 30.3 Å². The first-order valence-corrected chi connectivity index (χ1v) is 10.6. The third-order valence-corrected chi connectivity index (χ3v) is 4.56. The summed E-state index contributed by atoms with van der Waals surface area (Å²) in [7, 11) is 0. The first-order valence-electron chi connectivity index (χ1n) is 10.6. The number of hydrogen-bond donors (Lipinski definition) is 3. The van der Waals surface area contributed by atoms with Crippen LogP contribution in [-0.2, 0) is 20.6 Å². The minimum Gasteiger partial charge on any atom is -0.378 e. The van der Waals surface area contributed by atoms with Gasteiger partial charge in [-0.3, -0.25) is 0 Å². The van der Waals surface area contributed by atoms with Crippen molar-refractivity contribution in [2.24, 2.45) is 5.73 Å². The molecule has 4 N–H and O–H groups in total. The molecular weight excluding hydrogens is 384 g/mol. The van der Waals surface area contributed by atoms with E-state index in [1.54, 1.807) is 0 Å². The number of rotatable bonds is 14. The number of hydrogen-bond acceptors (Lipinski definition) is 9. The van der Waals surface area contributed by atoms with Gasteiger partial charge in [0.15, 0.2) is 0 Å². The van der Waals surface area contributed by atoms with Gasteiger partial charge in [-0.25, -0.2) is 0 Å². The van der Waals surface area contributed by atoms with Crippen molar-refractivity contribution < 1.29 is 14.2 Å². The molecule has 164 valence electrons. The van der Waals surface area contributed by atoms with E-state index in [1.165, 1.54) is 0 Å². The topological polar surface area (TPSA) is 116 Å². The van der Waals surface area contributed by atoms with Crippen LogP contribution in [0.5, 0.6) is 0 Å². The number of benzene rings is 1. The zero-order chi connectivity index (χ0) is 20.9. The summed E-state index contributed by atoms with van der Waals surface area (Å²) in [6.45, 7) is 4.80. The summed E-state index contributed by atoms with van der Waals surface area (Å²) in [6.07, 6.45) is 3.02. The van der Waals surface area contributed by atoms with Gasteiger partial charge in [-0.05, 0) is 18.4 Å². The van der Waals surface area contributed by atoms with Crippen molar-refractivity contribution in [2.75, 3.05) is 63.3 Å². The van der Waals surface area contributed by atoms with E-state index in [4.69, 9.17) is 19.9 Å². The highest BCUT2D eigenvalue weighted by Gasteiger charge is 2.16. The zero-order valence-corrected chi connectivity index (χ0v) is 17.4. The van der Waals surface area contributed by atoms with Gasteiger partial charge >= 0.3 is 0 Å². The molecule has 2 heterocycles. The Hall–Kier alpha value is -2.33. The Morgan fingerprint density at radius 1 is 0.967 bits per heavy atom. The molecule has 1 unspecified atom stereocenters. The maximum Gasteiger partial charge on any atom is 0.227 e. The molecule has 9 heteroatoms. The van der Waals surface area contributed by atoms with Gasteiger partial charge in [-0.2, -0.15) is 15.0 Å².